The summed E-state index contributed by atoms with van der Waals surface area (Å²) in [7, 11) is 0. The second-order valence-electron chi connectivity index (χ2n) is 3.63. The number of hydrogen-bond acceptors (Lipinski definition) is 3. The Balaban J connectivity index is 2.95. The van der Waals surface area contributed by atoms with Gasteiger partial charge in [0.2, 0.25) is 0 Å². The van der Waals surface area contributed by atoms with Gasteiger partial charge in [0, 0.05) is 10.6 Å². The molecule has 0 amide bonds. The van der Waals surface area contributed by atoms with E-state index in [-0.39, 0.29) is 5.56 Å². The van der Waals surface area contributed by atoms with Crippen molar-refractivity contribution in [2.75, 3.05) is 0 Å². The van der Waals surface area contributed by atoms with Crippen LogP contribution in [0.15, 0.2) is 24.3 Å². The Morgan fingerprint density at radius 3 is 2.18 bits per heavy atom. The first-order valence-corrected chi connectivity index (χ1v) is 5.31. The van der Waals surface area contributed by atoms with Crippen molar-refractivity contribution in [3.05, 3.63) is 34.9 Å². The van der Waals surface area contributed by atoms with Gasteiger partial charge in [-0.1, -0.05) is 11.6 Å². The highest BCUT2D eigenvalue weighted by molar-refractivity contribution is 6.30. The van der Waals surface area contributed by atoms with Crippen LogP contribution in [0, 0.1) is 5.92 Å². The summed E-state index contributed by atoms with van der Waals surface area (Å²) >= 11 is 5.67. The zero-order valence-electron chi connectivity index (χ0n) is 9.14. The molecule has 0 spiro atoms. The van der Waals surface area contributed by atoms with Crippen LogP contribution in [0.3, 0.4) is 0 Å². The van der Waals surface area contributed by atoms with Gasteiger partial charge in [-0.3, -0.25) is 14.4 Å². The van der Waals surface area contributed by atoms with Crippen molar-refractivity contribution < 1.29 is 19.5 Å². The van der Waals surface area contributed by atoms with Crippen LogP contribution in [0.2, 0.25) is 5.02 Å². The SMILES string of the molecule is CC(=O)C(CC(=O)O)C(=O)c1ccc(Cl)cc1. The van der Waals surface area contributed by atoms with E-state index < -0.39 is 29.9 Å². The van der Waals surface area contributed by atoms with Crippen LogP contribution in [0.25, 0.3) is 0 Å². The van der Waals surface area contributed by atoms with E-state index in [0.29, 0.717) is 5.02 Å². The Morgan fingerprint density at radius 2 is 1.76 bits per heavy atom. The average molecular weight is 255 g/mol. The first-order chi connectivity index (χ1) is 7.91. The van der Waals surface area contributed by atoms with Crippen LogP contribution in [-0.4, -0.2) is 22.6 Å². The van der Waals surface area contributed by atoms with E-state index in [1.54, 1.807) is 0 Å². The van der Waals surface area contributed by atoms with Crippen LogP contribution in [-0.2, 0) is 9.59 Å². The molecule has 0 fully saturated rings. The summed E-state index contributed by atoms with van der Waals surface area (Å²) in [6.07, 6.45) is -0.489. The highest BCUT2D eigenvalue weighted by Gasteiger charge is 2.26. The Kier molecular flexibility index (Phi) is 4.40. The number of aliphatic carboxylic acids is 1. The second-order valence-corrected chi connectivity index (χ2v) is 4.07. The fraction of sp³-hybridized carbons (Fsp3) is 0.250. The third kappa shape index (κ3) is 3.67. The maximum atomic E-state index is 11.9. The van der Waals surface area contributed by atoms with Gasteiger partial charge in [0.15, 0.2) is 5.78 Å². The van der Waals surface area contributed by atoms with Gasteiger partial charge in [-0.15, -0.1) is 0 Å². The van der Waals surface area contributed by atoms with Gasteiger partial charge in [0.25, 0.3) is 0 Å². The van der Waals surface area contributed by atoms with Crippen LogP contribution >= 0.6 is 11.6 Å². The number of ketones is 2. The predicted molar refractivity (Wildman–Crippen MR) is 62.2 cm³/mol. The fourth-order valence-corrected chi connectivity index (χ4v) is 1.54. The number of halogens is 1. The number of Topliss-reactive ketones (excluding diaryl/α,β-unsaturated/α-hetero) is 2. The monoisotopic (exact) mass is 254 g/mol. The van der Waals surface area contributed by atoms with E-state index in [1.807, 2.05) is 0 Å². The lowest BCUT2D eigenvalue weighted by molar-refractivity contribution is -0.139. The molecule has 4 nitrogen and oxygen atoms in total. The van der Waals surface area contributed by atoms with Crippen molar-refractivity contribution in [1.82, 2.24) is 0 Å². The average Bonchev–Trinajstić information content (AvgIpc) is 2.25. The fourth-order valence-electron chi connectivity index (χ4n) is 1.41. The maximum absolute atomic E-state index is 11.9. The van der Waals surface area contributed by atoms with Crippen molar-refractivity contribution in [3.63, 3.8) is 0 Å². The first kappa shape index (κ1) is 13.4. The van der Waals surface area contributed by atoms with Crippen molar-refractivity contribution in [1.29, 1.82) is 0 Å². The maximum Gasteiger partial charge on any atom is 0.304 e. The smallest absolute Gasteiger partial charge is 0.304 e. The van der Waals surface area contributed by atoms with E-state index in [0.717, 1.165) is 0 Å². The van der Waals surface area contributed by atoms with Gasteiger partial charge in [-0.05, 0) is 31.2 Å². The number of carboxylic acids is 1. The second kappa shape index (κ2) is 5.59. The van der Waals surface area contributed by atoms with Gasteiger partial charge in [0.1, 0.15) is 5.78 Å². The lowest BCUT2D eigenvalue weighted by Gasteiger charge is -2.10. The van der Waals surface area contributed by atoms with E-state index in [2.05, 4.69) is 0 Å². The van der Waals surface area contributed by atoms with E-state index >= 15 is 0 Å². The Hall–Kier alpha value is -1.68. The summed E-state index contributed by atoms with van der Waals surface area (Å²) < 4.78 is 0. The molecule has 0 heterocycles. The Bertz CT molecular complexity index is 450. The topological polar surface area (TPSA) is 71.4 Å². The van der Waals surface area contributed by atoms with Crippen LogP contribution in [0.1, 0.15) is 23.7 Å². The number of benzene rings is 1. The third-order valence-electron chi connectivity index (χ3n) is 2.31. The normalized spacial score (nSPS) is 11.9. The zero-order chi connectivity index (χ0) is 13.0. The highest BCUT2D eigenvalue weighted by atomic mass is 35.5. The number of carboxylic acid groups (broad SMARTS) is 1. The molecule has 0 aliphatic carbocycles. The predicted octanol–water partition coefficient (Wildman–Crippen LogP) is 2.20. The van der Waals surface area contributed by atoms with Crippen molar-refractivity contribution in [2.24, 2.45) is 5.92 Å². The standard InChI is InChI=1S/C12H11ClO4/c1-7(14)10(6-11(15)16)12(17)8-2-4-9(13)5-3-8/h2-5,10H,6H2,1H3,(H,15,16). The van der Waals surface area contributed by atoms with Crippen molar-refractivity contribution in [2.45, 2.75) is 13.3 Å². The lowest BCUT2D eigenvalue weighted by Crippen LogP contribution is -2.25. The molecule has 5 heteroatoms. The first-order valence-electron chi connectivity index (χ1n) is 4.94. The summed E-state index contributed by atoms with van der Waals surface area (Å²) in [4.78, 5) is 33.7. The molecular formula is C12H11ClO4. The van der Waals surface area contributed by atoms with E-state index in [4.69, 9.17) is 16.7 Å². The van der Waals surface area contributed by atoms with Crippen LogP contribution in [0.5, 0.6) is 0 Å². The van der Waals surface area contributed by atoms with Gasteiger partial charge in [-0.2, -0.15) is 0 Å². The molecule has 1 aromatic carbocycles. The van der Waals surface area contributed by atoms with E-state index in [1.165, 1.54) is 31.2 Å². The van der Waals surface area contributed by atoms with E-state index in [9.17, 15) is 14.4 Å². The molecule has 1 rings (SSSR count). The molecule has 90 valence electrons. The van der Waals surface area contributed by atoms with Crippen LogP contribution < -0.4 is 0 Å². The number of hydrogen-bond donors (Lipinski definition) is 1. The summed E-state index contributed by atoms with van der Waals surface area (Å²) in [5, 5.41) is 9.12. The number of rotatable bonds is 5. The molecule has 1 N–H and O–H groups in total. The molecule has 0 aliphatic rings. The molecular weight excluding hydrogens is 244 g/mol. The third-order valence-corrected chi connectivity index (χ3v) is 2.57. The minimum atomic E-state index is -1.17. The zero-order valence-corrected chi connectivity index (χ0v) is 9.90. The van der Waals surface area contributed by atoms with Crippen LogP contribution in [0.4, 0.5) is 0 Å². The van der Waals surface area contributed by atoms with Gasteiger partial charge in [0.05, 0.1) is 12.3 Å². The highest BCUT2D eigenvalue weighted by Crippen LogP contribution is 2.16. The van der Waals surface area contributed by atoms with Gasteiger partial charge < -0.3 is 5.11 Å². The minimum Gasteiger partial charge on any atom is -0.481 e. The van der Waals surface area contributed by atoms with Crippen molar-refractivity contribution >= 4 is 29.1 Å². The molecule has 17 heavy (non-hydrogen) atoms. The summed E-state index contributed by atoms with van der Waals surface area (Å²) in [6.45, 7) is 1.21. The lowest BCUT2D eigenvalue weighted by atomic mass is 9.91. The Labute approximate surface area is 103 Å². The number of carbonyl (C=O) groups is 3. The largest absolute Gasteiger partial charge is 0.481 e. The Morgan fingerprint density at radius 1 is 1.24 bits per heavy atom. The molecule has 1 unspecified atom stereocenters. The summed E-state index contributed by atoms with van der Waals surface area (Å²) in [5.74, 6) is -3.25. The molecule has 0 aromatic heterocycles. The molecule has 0 saturated heterocycles. The molecule has 0 radical (unpaired) electrons. The summed E-state index contributed by atoms with van der Waals surface area (Å²) in [6, 6.07) is 5.99. The molecule has 0 bridgehead atoms. The van der Waals surface area contributed by atoms with Crippen molar-refractivity contribution in [3.8, 4) is 0 Å². The quantitative estimate of drug-likeness (QED) is 0.646. The molecule has 0 saturated carbocycles. The van der Waals surface area contributed by atoms with Gasteiger partial charge >= 0.3 is 5.97 Å². The van der Waals surface area contributed by atoms with Gasteiger partial charge in [-0.25, -0.2) is 0 Å². The molecule has 1 aromatic rings. The minimum absolute atomic E-state index is 0.288. The molecule has 1 atom stereocenters. The summed E-state index contributed by atoms with van der Waals surface area (Å²) in [5.41, 5.74) is 0.288. The molecule has 0 aliphatic heterocycles. The number of carbonyl (C=O) groups excluding carboxylic acids is 2.